The minimum atomic E-state index is -1.10. The molecule has 4 rings (SSSR count). The summed E-state index contributed by atoms with van der Waals surface area (Å²) < 4.78 is 19.8. The van der Waals surface area contributed by atoms with E-state index >= 15 is 0 Å². The molecule has 5 nitrogen and oxygen atoms in total. The largest absolute Gasteiger partial charge is 0.455 e. The van der Waals surface area contributed by atoms with Crippen molar-refractivity contribution in [1.29, 1.82) is 0 Å². The molecule has 1 aliphatic carbocycles. The maximum Gasteiger partial charge on any atom is 0.317 e. The molecule has 0 spiro atoms. The van der Waals surface area contributed by atoms with Crippen LogP contribution in [0.2, 0.25) is 5.02 Å². The standard InChI is InChI=1S/C27H23ClFNO4/c28-19-12-13-23(20(16-19)25(32)18-8-2-1-3-9-18)30-24(31)17-34-26(33)27(14-6-7-15-27)21-10-4-5-11-22(21)29/h1-5,8-13,16H,6-7,14-15,17H2,(H,30,31). The SMILES string of the molecule is O=C(COC(=O)C1(c2ccccc2F)CCCC1)Nc1ccc(Cl)cc1C(=O)c1ccccc1. The fourth-order valence-corrected chi connectivity index (χ4v) is 4.60. The Labute approximate surface area is 201 Å². The molecule has 1 saturated carbocycles. The van der Waals surface area contributed by atoms with Crippen molar-refractivity contribution in [2.24, 2.45) is 0 Å². The smallest absolute Gasteiger partial charge is 0.317 e. The molecule has 0 aromatic heterocycles. The Bertz CT molecular complexity index is 1220. The lowest BCUT2D eigenvalue weighted by atomic mass is 9.78. The second-order valence-corrected chi connectivity index (χ2v) is 8.71. The van der Waals surface area contributed by atoms with Crippen molar-refractivity contribution in [1.82, 2.24) is 0 Å². The van der Waals surface area contributed by atoms with Crippen molar-refractivity contribution in [3.8, 4) is 0 Å². The van der Waals surface area contributed by atoms with Crippen LogP contribution >= 0.6 is 11.6 Å². The van der Waals surface area contributed by atoms with E-state index in [0.29, 0.717) is 29.0 Å². The molecule has 1 fully saturated rings. The summed E-state index contributed by atoms with van der Waals surface area (Å²) in [5.74, 6) is -2.00. The lowest BCUT2D eigenvalue weighted by Gasteiger charge is -2.27. The number of hydrogen-bond acceptors (Lipinski definition) is 4. The van der Waals surface area contributed by atoms with Crippen LogP contribution < -0.4 is 5.32 Å². The van der Waals surface area contributed by atoms with E-state index in [1.54, 1.807) is 54.6 Å². The van der Waals surface area contributed by atoms with Gasteiger partial charge in [-0.1, -0.05) is 73.0 Å². The van der Waals surface area contributed by atoms with Crippen LogP contribution in [0, 0.1) is 5.82 Å². The number of amides is 1. The number of nitrogens with one attached hydrogen (secondary N) is 1. The first kappa shape index (κ1) is 23.6. The Morgan fingerprint density at radius 1 is 0.941 bits per heavy atom. The third kappa shape index (κ3) is 4.87. The minimum absolute atomic E-state index is 0.219. The molecule has 0 radical (unpaired) electrons. The van der Waals surface area contributed by atoms with E-state index < -0.39 is 29.7 Å². The van der Waals surface area contributed by atoms with Crippen LogP contribution in [-0.4, -0.2) is 24.3 Å². The fourth-order valence-electron chi connectivity index (χ4n) is 4.43. The van der Waals surface area contributed by atoms with Gasteiger partial charge >= 0.3 is 5.97 Å². The third-order valence-electron chi connectivity index (χ3n) is 6.11. The zero-order valence-corrected chi connectivity index (χ0v) is 19.1. The summed E-state index contributed by atoms with van der Waals surface area (Å²) in [6.45, 7) is -0.559. The lowest BCUT2D eigenvalue weighted by Crippen LogP contribution is -2.37. The first-order chi connectivity index (χ1) is 16.4. The second kappa shape index (κ2) is 10.2. The summed E-state index contributed by atoms with van der Waals surface area (Å²) >= 11 is 6.08. The van der Waals surface area contributed by atoms with Crippen molar-refractivity contribution in [2.45, 2.75) is 31.1 Å². The van der Waals surface area contributed by atoms with Gasteiger partial charge in [0.2, 0.25) is 0 Å². The molecule has 0 unspecified atom stereocenters. The van der Waals surface area contributed by atoms with E-state index in [9.17, 15) is 18.8 Å². The molecule has 7 heteroatoms. The molecule has 0 saturated heterocycles. The Balaban J connectivity index is 1.48. The quantitative estimate of drug-likeness (QED) is 0.348. The van der Waals surface area contributed by atoms with Gasteiger partial charge in [-0.3, -0.25) is 14.4 Å². The zero-order chi connectivity index (χ0) is 24.1. The van der Waals surface area contributed by atoms with E-state index in [4.69, 9.17) is 16.3 Å². The number of halogens is 2. The Morgan fingerprint density at radius 3 is 2.32 bits per heavy atom. The highest BCUT2D eigenvalue weighted by atomic mass is 35.5. The fraction of sp³-hybridized carbons (Fsp3) is 0.222. The second-order valence-electron chi connectivity index (χ2n) is 8.28. The zero-order valence-electron chi connectivity index (χ0n) is 18.4. The van der Waals surface area contributed by atoms with Gasteiger partial charge in [-0.25, -0.2) is 4.39 Å². The summed E-state index contributed by atoms with van der Waals surface area (Å²) in [7, 11) is 0. The van der Waals surface area contributed by atoms with Crippen molar-refractivity contribution in [2.75, 3.05) is 11.9 Å². The number of carbonyl (C=O) groups is 3. The first-order valence-corrected chi connectivity index (χ1v) is 11.4. The van der Waals surface area contributed by atoms with Crippen LogP contribution in [0.1, 0.15) is 47.2 Å². The van der Waals surface area contributed by atoms with Gasteiger partial charge in [0.15, 0.2) is 12.4 Å². The average molecular weight is 480 g/mol. The van der Waals surface area contributed by atoms with Gasteiger partial charge in [-0.05, 0) is 37.1 Å². The number of hydrogen-bond donors (Lipinski definition) is 1. The van der Waals surface area contributed by atoms with E-state index in [-0.39, 0.29) is 17.0 Å². The summed E-state index contributed by atoms with van der Waals surface area (Å²) in [5, 5.41) is 2.97. The van der Waals surface area contributed by atoms with Crippen LogP contribution in [0.3, 0.4) is 0 Å². The number of benzene rings is 3. The van der Waals surface area contributed by atoms with Crippen LogP contribution in [0.5, 0.6) is 0 Å². The number of anilines is 1. The number of rotatable bonds is 7. The molecule has 3 aromatic rings. The summed E-state index contributed by atoms with van der Waals surface area (Å²) in [6.07, 6.45) is 2.46. The Hall–Kier alpha value is -3.51. The predicted octanol–water partition coefficient (Wildman–Crippen LogP) is 5.70. The highest BCUT2D eigenvalue weighted by Gasteiger charge is 2.46. The average Bonchev–Trinajstić information content (AvgIpc) is 3.35. The normalized spacial score (nSPS) is 14.4. The monoisotopic (exact) mass is 479 g/mol. The molecule has 174 valence electrons. The van der Waals surface area contributed by atoms with Crippen LogP contribution in [-0.2, 0) is 19.7 Å². The van der Waals surface area contributed by atoms with Gasteiger partial charge < -0.3 is 10.1 Å². The predicted molar refractivity (Wildman–Crippen MR) is 127 cm³/mol. The lowest BCUT2D eigenvalue weighted by molar-refractivity contribution is -0.153. The topological polar surface area (TPSA) is 72.5 Å². The minimum Gasteiger partial charge on any atom is -0.455 e. The molecule has 1 amide bonds. The summed E-state index contributed by atoms with van der Waals surface area (Å²) in [5.41, 5.74) is 0.118. The van der Waals surface area contributed by atoms with Gasteiger partial charge in [0.25, 0.3) is 5.91 Å². The number of carbonyl (C=O) groups excluding carboxylic acids is 3. The maximum absolute atomic E-state index is 14.5. The molecule has 0 aliphatic heterocycles. The Morgan fingerprint density at radius 2 is 1.62 bits per heavy atom. The van der Waals surface area contributed by atoms with Gasteiger partial charge in [0.1, 0.15) is 5.82 Å². The van der Waals surface area contributed by atoms with Gasteiger partial charge in [-0.2, -0.15) is 0 Å². The van der Waals surface area contributed by atoms with Gasteiger partial charge in [0.05, 0.1) is 11.1 Å². The van der Waals surface area contributed by atoms with Crippen LogP contribution in [0.15, 0.2) is 72.8 Å². The highest BCUT2D eigenvalue weighted by molar-refractivity contribution is 6.31. The van der Waals surface area contributed by atoms with E-state index in [1.807, 2.05) is 0 Å². The summed E-state index contributed by atoms with van der Waals surface area (Å²) in [4.78, 5) is 38.6. The van der Waals surface area contributed by atoms with E-state index in [2.05, 4.69) is 5.32 Å². The highest BCUT2D eigenvalue weighted by Crippen LogP contribution is 2.43. The Kier molecular flexibility index (Phi) is 7.08. The molecule has 1 N–H and O–H groups in total. The molecular weight excluding hydrogens is 457 g/mol. The van der Waals surface area contributed by atoms with Gasteiger partial charge in [-0.15, -0.1) is 0 Å². The maximum atomic E-state index is 14.5. The number of ketones is 1. The van der Waals surface area contributed by atoms with Crippen LogP contribution in [0.4, 0.5) is 10.1 Å². The van der Waals surface area contributed by atoms with Crippen molar-refractivity contribution >= 4 is 34.9 Å². The third-order valence-corrected chi connectivity index (χ3v) is 6.34. The number of esters is 1. The molecule has 3 aromatic carbocycles. The van der Waals surface area contributed by atoms with E-state index in [0.717, 1.165) is 12.8 Å². The van der Waals surface area contributed by atoms with Gasteiger partial charge in [0, 0.05) is 21.7 Å². The van der Waals surface area contributed by atoms with Crippen molar-refractivity contribution in [3.63, 3.8) is 0 Å². The molecule has 0 heterocycles. The van der Waals surface area contributed by atoms with Crippen molar-refractivity contribution < 1.29 is 23.5 Å². The van der Waals surface area contributed by atoms with Crippen molar-refractivity contribution in [3.05, 3.63) is 100 Å². The number of ether oxygens (including phenoxy) is 1. The van der Waals surface area contributed by atoms with Crippen LogP contribution in [0.25, 0.3) is 0 Å². The van der Waals surface area contributed by atoms with E-state index in [1.165, 1.54) is 18.2 Å². The first-order valence-electron chi connectivity index (χ1n) is 11.0. The summed E-state index contributed by atoms with van der Waals surface area (Å²) in [6, 6.07) is 19.3. The molecule has 0 atom stereocenters. The molecular formula is C27H23ClFNO4. The molecule has 34 heavy (non-hydrogen) atoms. The molecule has 1 aliphatic rings. The molecule has 0 bridgehead atoms.